The normalized spacial score (nSPS) is 10.9. The fraction of sp³-hybridized carbons (Fsp3) is 0.471. The van der Waals surface area contributed by atoms with E-state index in [4.69, 9.17) is 0 Å². The van der Waals surface area contributed by atoms with Gasteiger partial charge < -0.3 is 0 Å². The Morgan fingerprint density at radius 3 is 2.40 bits per heavy atom. The predicted molar refractivity (Wildman–Crippen MR) is 84.0 cm³/mol. The third kappa shape index (κ3) is 3.21. The van der Waals surface area contributed by atoms with Crippen LogP contribution in [0.25, 0.3) is 11.3 Å². The summed E-state index contributed by atoms with van der Waals surface area (Å²) in [5, 5.41) is 3.31. The van der Waals surface area contributed by atoms with Crippen molar-refractivity contribution in [2.24, 2.45) is 0 Å². The first-order valence-electron chi connectivity index (χ1n) is 7.65. The van der Waals surface area contributed by atoms with E-state index in [9.17, 15) is 4.79 Å². The van der Waals surface area contributed by atoms with E-state index in [2.05, 4.69) is 31.1 Å². The second kappa shape index (κ2) is 7.13. The second-order valence-corrected chi connectivity index (χ2v) is 5.25. The van der Waals surface area contributed by atoms with Gasteiger partial charge in [0.05, 0.1) is 5.69 Å². The zero-order valence-electron chi connectivity index (χ0n) is 12.5. The van der Waals surface area contributed by atoms with Gasteiger partial charge in [0.15, 0.2) is 0 Å². The van der Waals surface area contributed by atoms with Crippen LogP contribution in [0, 0.1) is 0 Å². The highest BCUT2D eigenvalue weighted by Gasteiger charge is 2.14. The predicted octanol–water partition coefficient (Wildman–Crippen LogP) is 3.99. The van der Waals surface area contributed by atoms with E-state index in [1.54, 1.807) is 4.68 Å². The molecule has 2 aromatic rings. The molecule has 0 aliphatic heterocycles. The first-order valence-corrected chi connectivity index (χ1v) is 7.65. The zero-order valence-corrected chi connectivity index (χ0v) is 12.5. The Hall–Kier alpha value is -1.77. The van der Waals surface area contributed by atoms with Crippen LogP contribution in [0.4, 0.5) is 0 Å². The van der Waals surface area contributed by atoms with Gasteiger partial charge in [0, 0.05) is 12.1 Å². The van der Waals surface area contributed by atoms with Crippen LogP contribution in [0.5, 0.6) is 0 Å². The van der Waals surface area contributed by atoms with Crippen LogP contribution < -0.4 is 5.56 Å². The van der Waals surface area contributed by atoms with Gasteiger partial charge in [-0.2, -0.15) is 0 Å². The van der Waals surface area contributed by atoms with Crippen molar-refractivity contribution in [1.29, 1.82) is 0 Å². The van der Waals surface area contributed by atoms with E-state index in [1.165, 1.54) is 0 Å². The molecule has 0 aliphatic rings. The molecule has 1 aromatic heterocycles. The number of aromatic nitrogens is 2. The monoisotopic (exact) mass is 272 g/mol. The van der Waals surface area contributed by atoms with Gasteiger partial charge in [-0.3, -0.25) is 14.6 Å². The Morgan fingerprint density at radius 1 is 1.05 bits per heavy atom. The lowest BCUT2D eigenvalue weighted by atomic mass is 10.0. The van der Waals surface area contributed by atoms with Gasteiger partial charge in [0.25, 0.3) is 5.56 Å². The van der Waals surface area contributed by atoms with Crippen LogP contribution in [0.3, 0.4) is 0 Å². The molecule has 0 aliphatic carbocycles. The zero-order chi connectivity index (χ0) is 14.4. The molecule has 0 radical (unpaired) electrons. The van der Waals surface area contributed by atoms with Crippen molar-refractivity contribution in [3.8, 4) is 11.3 Å². The largest absolute Gasteiger partial charge is 0.295 e. The SMILES string of the molecule is CCCCc1c(-c2ccccc2)[nH]n(CCCC)c1=O. The third-order valence-electron chi connectivity index (χ3n) is 3.63. The van der Waals surface area contributed by atoms with Crippen LogP contribution >= 0.6 is 0 Å². The van der Waals surface area contributed by atoms with Crippen molar-refractivity contribution >= 4 is 0 Å². The van der Waals surface area contributed by atoms with Crippen molar-refractivity contribution in [3.63, 3.8) is 0 Å². The molecule has 0 amide bonds. The summed E-state index contributed by atoms with van der Waals surface area (Å²) in [5.74, 6) is 0. The van der Waals surface area contributed by atoms with Gasteiger partial charge in [-0.1, -0.05) is 57.0 Å². The number of benzene rings is 1. The highest BCUT2D eigenvalue weighted by Crippen LogP contribution is 2.20. The fourth-order valence-electron chi connectivity index (χ4n) is 2.43. The number of nitrogens with zero attached hydrogens (tertiary/aromatic N) is 1. The molecule has 0 fully saturated rings. The molecule has 0 spiro atoms. The van der Waals surface area contributed by atoms with Crippen molar-refractivity contribution < 1.29 is 0 Å². The lowest BCUT2D eigenvalue weighted by Crippen LogP contribution is -2.19. The lowest BCUT2D eigenvalue weighted by molar-refractivity contribution is 0.557. The van der Waals surface area contributed by atoms with E-state index in [-0.39, 0.29) is 5.56 Å². The van der Waals surface area contributed by atoms with Crippen LogP contribution in [0.2, 0.25) is 0 Å². The highest BCUT2D eigenvalue weighted by atomic mass is 16.1. The fourth-order valence-corrected chi connectivity index (χ4v) is 2.43. The van der Waals surface area contributed by atoms with Gasteiger partial charge in [0.2, 0.25) is 0 Å². The Morgan fingerprint density at radius 2 is 1.75 bits per heavy atom. The molecule has 1 heterocycles. The molecule has 0 bridgehead atoms. The summed E-state index contributed by atoms with van der Waals surface area (Å²) in [6.07, 6.45) is 5.14. The smallest absolute Gasteiger partial charge is 0.270 e. The maximum absolute atomic E-state index is 12.5. The quantitative estimate of drug-likeness (QED) is 0.813. The number of hydrogen-bond donors (Lipinski definition) is 1. The molecule has 0 atom stereocenters. The van der Waals surface area contributed by atoms with Crippen molar-refractivity contribution in [2.75, 3.05) is 0 Å². The molecule has 3 heteroatoms. The average Bonchev–Trinajstić information content (AvgIpc) is 2.80. The van der Waals surface area contributed by atoms with E-state index in [0.717, 1.165) is 55.5 Å². The van der Waals surface area contributed by atoms with Crippen LogP contribution in [-0.2, 0) is 13.0 Å². The van der Waals surface area contributed by atoms with Crippen LogP contribution in [0.15, 0.2) is 35.1 Å². The molecule has 2 rings (SSSR count). The molecular weight excluding hydrogens is 248 g/mol. The molecule has 1 N–H and O–H groups in total. The van der Waals surface area contributed by atoms with Crippen LogP contribution in [0.1, 0.15) is 45.1 Å². The molecule has 3 nitrogen and oxygen atoms in total. The lowest BCUT2D eigenvalue weighted by Gasteiger charge is -2.02. The van der Waals surface area contributed by atoms with Crippen molar-refractivity contribution in [3.05, 3.63) is 46.2 Å². The molecule has 1 aromatic carbocycles. The Bertz CT molecular complexity index is 581. The first-order chi connectivity index (χ1) is 9.77. The number of aryl methyl sites for hydroxylation is 1. The molecular formula is C17H24N2O. The minimum atomic E-state index is 0.158. The van der Waals surface area contributed by atoms with Gasteiger partial charge in [0.1, 0.15) is 0 Å². The minimum Gasteiger partial charge on any atom is -0.295 e. The summed E-state index contributed by atoms with van der Waals surface area (Å²) in [5.41, 5.74) is 3.20. The Kier molecular flexibility index (Phi) is 5.22. The molecule has 20 heavy (non-hydrogen) atoms. The summed E-state index contributed by atoms with van der Waals surface area (Å²) in [4.78, 5) is 12.5. The first kappa shape index (κ1) is 14.6. The molecule has 108 valence electrons. The van der Waals surface area contributed by atoms with Crippen molar-refractivity contribution in [1.82, 2.24) is 9.78 Å². The van der Waals surface area contributed by atoms with E-state index in [1.807, 2.05) is 18.2 Å². The summed E-state index contributed by atoms with van der Waals surface area (Å²) in [7, 11) is 0. The van der Waals surface area contributed by atoms with E-state index in [0.29, 0.717) is 0 Å². The third-order valence-corrected chi connectivity index (χ3v) is 3.63. The van der Waals surface area contributed by atoms with Crippen molar-refractivity contribution in [2.45, 2.75) is 52.5 Å². The minimum absolute atomic E-state index is 0.158. The Balaban J connectivity index is 2.40. The molecule has 0 saturated carbocycles. The van der Waals surface area contributed by atoms with E-state index < -0.39 is 0 Å². The molecule has 0 saturated heterocycles. The topological polar surface area (TPSA) is 37.8 Å². The number of hydrogen-bond acceptors (Lipinski definition) is 1. The summed E-state index contributed by atoms with van der Waals surface area (Å²) in [6, 6.07) is 10.2. The average molecular weight is 272 g/mol. The number of unbranched alkanes of at least 4 members (excludes halogenated alkanes) is 2. The second-order valence-electron chi connectivity index (χ2n) is 5.25. The number of aromatic amines is 1. The Labute approximate surface area is 120 Å². The van der Waals surface area contributed by atoms with Gasteiger partial charge >= 0.3 is 0 Å². The highest BCUT2D eigenvalue weighted by molar-refractivity contribution is 5.62. The number of rotatable bonds is 7. The van der Waals surface area contributed by atoms with E-state index >= 15 is 0 Å². The molecule has 0 unspecified atom stereocenters. The standard InChI is InChI=1S/C17H24N2O/c1-3-5-12-15-16(14-10-8-7-9-11-14)18-19(17(15)20)13-6-4-2/h7-11,18H,3-6,12-13H2,1-2H3. The van der Waals surface area contributed by atoms with Gasteiger partial charge in [-0.05, 0) is 24.8 Å². The summed E-state index contributed by atoms with van der Waals surface area (Å²) >= 11 is 0. The maximum atomic E-state index is 12.5. The van der Waals surface area contributed by atoms with Gasteiger partial charge in [-0.25, -0.2) is 0 Å². The summed E-state index contributed by atoms with van der Waals surface area (Å²) < 4.78 is 1.77. The van der Waals surface area contributed by atoms with Crippen LogP contribution in [-0.4, -0.2) is 9.78 Å². The number of nitrogens with one attached hydrogen (secondary N) is 1. The number of H-pyrrole nitrogens is 1. The maximum Gasteiger partial charge on any atom is 0.270 e. The summed E-state index contributed by atoms with van der Waals surface area (Å²) in [6.45, 7) is 5.08. The van der Waals surface area contributed by atoms with Gasteiger partial charge in [-0.15, -0.1) is 0 Å².